The summed E-state index contributed by atoms with van der Waals surface area (Å²) in [6, 6.07) is 3.86. The largest absolute Gasteiger partial charge is 0.480 e. The molecule has 0 radical (unpaired) electrons. The van der Waals surface area contributed by atoms with Crippen molar-refractivity contribution in [2.45, 2.75) is 31.1 Å². The van der Waals surface area contributed by atoms with Crippen molar-refractivity contribution >= 4 is 15.9 Å². The summed E-state index contributed by atoms with van der Waals surface area (Å²) in [7, 11) is 1.61. The molecule has 2 rings (SSSR count). The third-order valence-electron chi connectivity index (χ3n) is 3.57. The van der Waals surface area contributed by atoms with Gasteiger partial charge in [0.1, 0.15) is 0 Å². The fraction of sp³-hybridized carbons (Fsp3) is 0.692. The van der Waals surface area contributed by atoms with E-state index in [-0.39, 0.29) is 0 Å². The summed E-state index contributed by atoms with van der Waals surface area (Å²) in [4.78, 5) is 3.07. The molecule has 0 spiro atoms. The van der Waals surface area contributed by atoms with E-state index in [9.17, 15) is 0 Å². The van der Waals surface area contributed by atoms with Gasteiger partial charge in [0.2, 0.25) is 5.88 Å². The number of alkyl halides is 1. The third-order valence-corrected chi connectivity index (χ3v) is 4.32. The molecule has 0 amide bonds. The molecule has 2 heterocycles. The standard InChI is InChI=1S/C13H20BrN3O/c1-10(14)11-5-7-17(8-6-11)9-12-3-4-13(18-2)16-15-12/h3-4,10-11H,5-9H2,1-2H3. The van der Waals surface area contributed by atoms with E-state index in [1.807, 2.05) is 12.1 Å². The number of ether oxygens (including phenoxy) is 1. The number of nitrogens with zero attached hydrogens (tertiary/aromatic N) is 3. The van der Waals surface area contributed by atoms with Crippen LogP contribution in [0.3, 0.4) is 0 Å². The molecule has 0 aromatic carbocycles. The second-order valence-corrected chi connectivity index (χ2v) is 6.30. The van der Waals surface area contributed by atoms with Crippen LogP contribution >= 0.6 is 15.9 Å². The number of methoxy groups -OCH3 is 1. The van der Waals surface area contributed by atoms with Gasteiger partial charge in [-0.15, -0.1) is 5.10 Å². The molecule has 100 valence electrons. The van der Waals surface area contributed by atoms with Crippen LogP contribution in [0, 0.1) is 5.92 Å². The van der Waals surface area contributed by atoms with Gasteiger partial charge in [0.25, 0.3) is 0 Å². The average molecular weight is 314 g/mol. The van der Waals surface area contributed by atoms with Crippen LogP contribution in [0.15, 0.2) is 12.1 Å². The summed E-state index contributed by atoms with van der Waals surface area (Å²) in [5.41, 5.74) is 1.01. The van der Waals surface area contributed by atoms with Crippen molar-refractivity contribution in [1.29, 1.82) is 0 Å². The number of hydrogen-bond acceptors (Lipinski definition) is 4. The summed E-state index contributed by atoms with van der Waals surface area (Å²) in [6.07, 6.45) is 2.52. The molecule has 1 fully saturated rings. The first-order valence-corrected chi connectivity index (χ1v) is 7.33. The van der Waals surface area contributed by atoms with E-state index in [2.05, 4.69) is 38.0 Å². The Hall–Kier alpha value is -0.680. The summed E-state index contributed by atoms with van der Waals surface area (Å²) >= 11 is 3.68. The second kappa shape index (κ2) is 6.48. The zero-order chi connectivity index (χ0) is 13.0. The van der Waals surface area contributed by atoms with Gasteiger partial charge in [-0.1, -0.05) is 22.9 Å². The monoisotopic (exact) mass is 313 g/mol. The molecule has 1 aliphatic rings. The number of hydrogen-bond donors (Lipinski definition) is 0. The Kier molecular flexibility index (Phi) is 4.95. The number of rotatable bonds is 4. The topological polar surface area (TPSA) is 38.2 Å². The number of piperidine rings is 1. The molecule has 0 bridgehead atoms. The van der Waals surface area contributed by atoms with Crippen LogP contribution in [0.4, 0.5) is 0 Å². The normalized spacial score (nSPS) is 19.7. The summed E-state index contributed by atoms with van der Waals surface area (Å²) in [6.45, 7) is 5.43. The average Bonchev–Trinajstić information content (AvgIpc) is 2.40. The van der Waals surface area contributed by atoms with E-state index in [0.29, 0.717) is 10.7 Å². The minimum atomic E-state index is 0.575. The minimum absolute atomic E-state index is 0.575. The highest BCUT2D eigenvalue weighted by atomic mass is 79.9. The van der Waals surface area contributed by atoms with Crippen LogP contribution in [0.25, 0.3) is 0 Å². The van der Waals surface area contributed by atoms with Crippen LogP contribution in [0.5, 0.6) is 5.88 Å². The molecular weight excluding hydrogens is 294 g/mol. The van der Waals surface area contributed by atoms with Crippen molar-refractivity contribution in [2.75, 3.05) is 20.2 Å². The molecule has 1 atom stereocenters. The van der Waals surface area contributed by atoms with Crippen LogP contribution in [0.2, 0.25) is 0 Å². The quantitative estimate of drug-likeness (QED) is 0.800. The zero-order valence-corrected chi connectivity index (χ0v) is 12.6. The molecule has 1 saturated heterocycles. The van der Waals surface area contributed by atoms with Crippen molar-refractivity contribution in [1.82, 2.24) is 15.1 Å². The van der Waals surface area contributed by atoms with E-state index in [1.165, 1.54) is 12.8 Å². The highest BCUT2D eigenvalue weighted by Crippen LogP contribution is 2.25. The summed E-state index contributed by atoms with van der Waals surface area (Å²) in [5, 5.41) is 8.17. The van der Waals surface area contributed by atoms with Crippen LogP contribution < -0.4 is 4.74 Å². The lowest BCUT2D eigenvalue weighted by Crippen LogP contribution is -2.35. The zero-order valence-electron chi connectivity index (χ0n) is 11.0. The molecule has 5 heteroatoms. The van der Waals surface area contributed by atoms with Crippen molar-refractivity contribution in [3.05, 3.63) is 17.8 Å². The molecule has 0 saturated carbocycles. The Labute approximate surface area is 117 Å². The van der Waals surface area contributed by atoms with Gasteiger partial charge in [-0.25, -0.2) is 0 Å². The first kappa shape index (κ1) is 13.7. The fourth-order valence-electron chi connectivity index (χ4n) is 2.34. The second-order valence-electron chi connectivity index (χ2n) is 4.86. The lowest BCUT2D eigenvalue weighted by Gasteiger charge is -2.32. The Morgan fingerprint density at radius 1 is 1.39 bits per heavy atom. The smallest absolute Gasteiger partial charge is 0.233 e. The van der Waals surface area contributed by atoms with E-state index in [4.69, 9.17) is 4.74 Å². The molecule has 0 aliphatic carbocycles. The van der Waals surface area contributed by atoms with Gasteiger partial charge in [-0.2, -0.15) is 5.10 Å². The third kappa shape index (κ3) is 3.65. The predicted octanol–water partition coefficient (Wildman–Crippen LogP) is 2.48. The Morgan fingerprint density at radius 2 is 2.11 bits per heavy atom. The number of aromatic nitrogens is 2. The van der Waals surface area contributed by atoms with Gasteiger partial charge in [0, 0.05) is 17.4 Å². The van der Waals surface area contributed by atoms with Crippen molar-refractivity contribution in [3.63, 3.8) is 0 Å². The fourth-order valence-corrected chi connectivity index (χ4v) is 2.87. The van der Waals surface area contributed by atoms with Gasteiger partial charge < -0.3 is 4.74 Å². The maximum absolute atomic E-state index is 5.01. The van der Waals surface area contributed by atoms with Crippen molar-refractivity contribution in [3.8, 4) is 5.88 Å². The molecule has 4 nitrogen and oxygen atoms in total. The molecular formula is C13H20BrN3O. The van der Waals surface area contributed by atoms with Gasteiger partial charge in [-0.05, 0) is 37.9 Å². The molecule has 18 heavy (non-hydrogen) atoms. The minimum Gasteiger partial charge on any atom is -0.480 e. The van der Waals surface area contributed by atoms with E-state index in [0.717, 1.165) is 31.2 Å². The van der Waals surface area contributed by atoms with E-state index < -0.39 is 0 Å². The Bertz CT molecular complexity index is 361. The number of likely N-dealkylation sites (tertiary alicyclic amines) is 1. The molecule has 0 N–H and O–H groups in total. The summed E-state index contributed by atoms with van der Waals surface area (Å²) < 4.78 is 5.01. The first-order valence-electron chi connectivity index (χ1n) is 6.42. The Morgan fingerprint density at radius 3 is 2.61 bits per heavy atom. The van der Waals surface area contributed by atoms with Gasteiger partial charge in [-0.3, -0.25) is 4.90 Å². The molecule has 1 unspecified atom stereocenters. The van der Waals surface area contributed by atoms with E-state index >= 15 is 0 Å². The molecule has 1 aromatic heterocycles. The van der Waals surface area contributed by atoms with Crippen LogP contribution in [0.1, 0.15) is 25.5 Å². The van der Waals surface area contributed by atoms with Gasteiger partial charge >= 0.3 is 0 Å². The lowest BCUT2D eigenvalue weighted by atomic mass is 9.94. The van der Waals surface area contributed by atoms with Gasteiger partial charge in [0.15, 0.2) is 0 Å². The van der Waals surface area contributed by atoms with Crippen molar-refractivity contribution < 1.29 is 4.74 Å². The van der Waals surface area contributed by atoms with E-state index in [1.54, 1.807) is 7.11 Å². The SMILES string of the molecule is COc1ccc(CN2CCC(C(C)Br)CC2)nn1. The molecule has 1 aromatic rings. The lowest BCUT2D eigenvalue weighted by molar-refractivity contribution is 0.176. The van der Waals surface area contributed by atoms with Crippen molar-refractivity contribution in [2.24, 2.45) is 5.92 Å². The molecule has 1 aliphatic heterocycles. The Balaban J connectivity index is 1.83. The van der Waals surface area contributed by atoms with Crippen LogP contribution in [-0.2, 0) is 6.54 Å². The maximum Gasteiger partial charge on any atom is 0.233 e. The van der Waals surface area contributed by atoms with Crippen LogP contribution in [-0.4, -0.2) is 40.1 Å². The highest BCUT2D eigenvalue weighted by molar-refractivity contribution is 9.09. The highest BCUT2D eigenvalue weighted by Gasteiger charge is 2.22. The summed E-state index contributed by atoms with van der Waals surface area (Å²) in [5.74, 6) is 1.38. The predicted molar refractivity (Wildman–Crippen MR) is 75.0 cm³/mol. The number of halogens is 1. The first-order chi connectivity index (χ1) is 8.69. The van der Waals surface area contributed by atoms with Gasteiger partial charge in [0.05, 0.1) is 12.8 Å². The maximum atomic E-state index is 5.01.